The number of nitrogens with two attached hydrogens (primary N) is 1. The molecule has 1 aromatic rings. The SMILES string of the molecule is CN(c1cc(NN)nc(C(C)(C)C)n1)C1CCCCC1O. The van der Waals surface area contributed by atoms with Gasteiger partial charge in [-0.3, -0.25) is 0 Å². The number of aliphatic hydroxyl groups excluding tert-OH is 1. The van der Waals surface area contributed by atoms with Crippen LogP contribution in [-0.2, 0) is 5.41 Å². The number of hydrogen-bond acceptors (Lipinski definition) is 6. The zero-order chi connectivity index (χ0) is 15.6. The number of rotatable bonds is 3. The predicted octanol–water partition coefficient (Wildman–Crippen LogP) is 1.80. The van der Waals surface area contributed by atoms with E-state index in [-0.39, 0.29) is 17.6 Å². The molecule has 0 bridgehead atoms. The van der Waals surface area contributed by atoms with Crippen LogP contribution in [0.1, 0.15) is 52.3 Å². The van der Waals surface area contributed by atoms with Crippen molar-refractivity contribution in [1.82, 2.24) is 9.97 Å². The molecule has 1 aliphatic rings. The van der Waals surface area contributed by atoms with Crippen LogP contribution in [0, 0.1) is 0 Å². The fourth-order valence-corrected chi connectivity index (χ4v) is 2.74. The van der Waals surface area contributed by atoms with Crippen LogP contribution in [0.5, 0.6) is 0 Å². The third-order valence-corrected chi connectivity index (χ3v) is 4.08. The van der Waals surface area contributed by atoms with E-state index in [1.54, 1.807) is 0 Å². The summed E-state index contributed by atoms with van der Waals surface area (Å²) >= 11 is 0. The normalized spacial score (nSPS) is 23.0. The highest BCUT2D eigenvalue weighted by Crippen LogP contribution is 2.28. The number of nitrogen functional groups attached to an aromatic ring is 1. The van der Waals surface area contributed by atoms with E-state index in [1.807, 2.05) is 13.1 Å². The smallest absolute Gasteiger partial charge is 0.145 e. The van der Waals surface area contributed by atoms with Gasteiger partial charge in [0.1, 0.15) is 17.5 Å². The molecule has 2 atom stereocenters. The standard InChI is InChI=1S/C15H27N5O/c1-15(2,3)14-17-12(19-16)9-13(18-14)20(4)10-7-5-6-8-11(10)21/h9-11,21H,5-8,16H2,1-4H3,(H,17,18,19). The molecular formula is C15H27N5O. The maximum Gasteiger partial charge on any atom is 0.145 e. The molecule has 118 valence electrons. The number of aliphatic hydroxyl groups is 1. The van der Waals surface area contributed by atoms with Crippen molar-refractivity contribution in [1.29, 1.82) is 0 Å². The van der Waals surface area contributed by atoms with Gasteiger partial charge in [-0.2, -0.15) is 0 Å². The Bertz CT molecular complexity index is 485. The third-order valence-electron chi connectivity index (χ3n) is 4.08. The summed E-state index contributed by atoms with van der Waals surface area (Å²) in [4.78, 5) is 11.2. The second-order valence-corrected chi connectivity index (χ2v) is 6.86. The van der Waals surface area contributed by atoms with Gasteiger partial charge in [0.15, 0.2) is 0 Å². The third kappa shape index (κ3) is 3.63. The van der Waals surface area contributed by atoms with Crippen LogP contribution in [0.25, 0.3) is 0 Å². The molecule has 6 heteroatoms. The molecule has 21 heavy (non-hydrogen) atoms. The Morgan fingerprint density at radius 2 is 1.95 bits per heavy atom. The topological polar surface area (TPSA) is 87.3 Å². The first kappa shape index (κ1) is 16.0. The minimum atomic E-state index is -0.300. The lowest BCUT2D eigenvalue weighted by molar-refractivity contribution is 0.106. The number of nitrogens with zero attached hydrogens (tertiary/aromatic N) is 3. The first-order chi connectivity index (χ1) is 9.82. The van der Waals surface area contributed by atoms with Crippen molar-refractivity contribution in [3.63, 3.8) is 0 Å². The lowest BCUT2D eigenvalue weighted by atomic mass is 9.91. The van der Waals surface area contributed by atoms with Crippen LogP contribution in [0.3, 0.4) is 0 Å². The van der Waals surface area contributed by atoms with E-state index in [0.29, 0.717) is 5.82 Å². The Hall–Kier alpha value is -1.40. The van der Waals surface area contributed by atoms with Crippen molar-refractivity contribution < 1.29 is 5.11 Å². The van der Waals surface area contributed by atoms with Crippen LogP contribution in [0.2, 0.25) is 0 Å². The minimum Gasteiger partial charge on any atom is -0.391 e. The molecule has 0 spiro atoms. The van der Waals surface area contributed by atoms with E-state index in [2.05, 4.69) is 41.1 Å². The first-order valence-corrected chi connectivity index (χ1v) is 7.60. The van der Waals surface area contributed by atoms with Crippen LogP contribution in [0.15, 0.2) is 6.07 Å². The summed E-state index contributed by atoms with van der Waals surface area (Å²) in [5.74, 6) is 7.67. The fourth-order valence-electron chi connectivity index (χ4n) is 2.74. The average Bonchev–Trinajstić information content (AvgIpc) is 2.45. The number of nitrogens with one attached hydrogen (secondary N) is 1. The maximum atomic E-state index is 10.2. The monoisotopic (exact) mass is 293 g/mol. The zero-order valence-electron chi connectivity index (χ0n) is 13.4. The van der Waals surface area contributed by atoms with E-state index in [9.17, 15) is 5.11 Å². The Kier molecular flexibility index (Phi) is 4.68. The summed E-state index contributed by atoms with van der Waals surface area (Å²) in [6.45, 7) is 6.21. The Morgan fingerprint density at radius 3 is 2.52 bits per heavy atom. The van der Waals surface area contributed by atoms with Crippen molar-refractivity contribution in [2.24, 2.45) is 5.84 Å². The van der Waals surface area contributed by atoms with Gasteiger partial charge in [-0.25, -0.2) is 15.8 Å². The Balaban J connectivity index is 2.33. The predicted molar refractivity (Wildman–Crippen MR) is 85.2 cm³/mol. The molecule has 0 aromatic carbocycles. The Morgan fingerprint density at radius 1 is 1.29 bits per heavy atom. The summed E-state index contributed by atoms with van der Waals surface area (Å²) in [7, 11) is 1.98. The summed E-state index contributed by atoms with van der Waals surface area (Å²) in [5.41, 5.74) is 2.45. The number of likely N-dealkylation sites (N-methyl/N-ethyl adjacent to an activating group) is 1. The number of anilines is 2. The molecule has 1 heterocycles. The second kappa shape index (κ2) is 6.15. The van der Waals surface area contributed by atoms with Gasteiger partial charge in [0.05, 0.1) is 12.1 Å². The van der Waals surface area contributed by atoms with Gasteiger partial charge in [-0.15, -0.1) is 0 Å². The largest absolute Gasteiger partial charge is 0.391 e. The highest BCUT2D eigenvalue weighted by Gasteiger charge is 2.28. The number of hydrogen-bond donors (Lipinski definition) is 3. The van der Waals surface area contributed by atoms with Crippen molar-refractivity contribution in [2.45, 2.75) is 64.0 Å². The van der Waals surface area contributed by atoms with Gasteiger partial charge in [-0.1, -0.05) is 33.6 Å². The van der Waals surface area contributed by atoms with Crippen LogP contribution in [-0.4, -0.2) is 34.3 Å². The van der Waals surface area contributed by atoms with Crippen molar-refractivity contribution in [3.05, 3.63) is 11.9 Å². The molecule has 1 fully saturated rings. The second-order valence-electron chi connectivity index (χ2n) is 6.86. The van der Waals surface area contributed by atoms with E-state index in [4.69, 9.17) is 5.84 Å². The molecule has 4 N–H and O–H groups in total. The molecular weight excluding hydrogens is 266 g/mol. The van der Waals surface area contributed by atoms with Crippen LogP contribution >= 0.6 is 0 Å². The van der Waals surface area contributed by atoms with Crippen molar-refractivity contribution in [2.75, 3.05) is 17.4 Å². The van der Waals surface area contributed by atoms with Gasteiger partial charge in [-0.05, 0) is 12.8 Å². The highest BCUT2D eigenvalue weighted by molar-refractivity contribution is 5.50. The van der Waals surface area contributed by atoms with Crippen molar-refractivity contribution >= 4 is 11.6 Å². The average molecular weight is 293 g/mol. The molecule has 6 nitrogen and oxygen atoms in total. The van der Waals surface area contributed by atoms with Crippen LogP contribution < -0.4 is 16.2 Å². The maximum absolute atomic E-state index is 10.2. The minimum absolute atomic E-state index is 0.104. The Labute approximate surface area is 126 Å². The van der Waals surface area contributed by atoms with Gasteiger partial charge in [0.25, 0.3) is 0 Å². The quantitative estimate of drug-likeness (QED) is 0.582. The summed E-state index contributed by atoms with van der Waals surface area (Å²) in [6.07, 6.45) is 3.78. The fraction of sp³-hybridized carbons (Fsp3) is 0.733. The van der Waals surface area contributed by atoms with Gasteiger partial charge in [0, 0.05) is 18.5 Å². The summed E-state index contributed by atoms with van der Waals surface area (Å²) < 4.78 is 0. The number of aromatic nitrogens is 2. The van der Waals surface area contributed by atoms with Crippen LogP contribution in [0.4, 0.5) is 11.6 Å². The van der Waals surface area contributed by atoms with Crippen molar-refractivity contribution in [3.8, 4) is 0 Å². The van der Waals surface area contributed by atoms with Gasteiger partial charge < -0.3 is 15.4 Å². The lowest BCUT2D eigenvalue weighted by Crippen LogP contribution is -2.44. The zero-order valence-corrected chi connectivity index (χ0v) is 13.4. The lowest BCUT2D eigenvalue weighted by Gasteiger charge is -2.36. The molecule has 2 unspecified atom stereocenters. The molecule has 2 rings (SSSR count). The van der Waals surface area contributed by atoms with E-state index in [1.165, 1.54) is 0 Å². The van der Waals surface area contributed by atoms with Gasteiger partial charge >= 0.3 is 0 Å². The first-order valence-electron chi connectivity index (χ1n) is 7.60. The molecule has 0 radical (unpaired) electrons. The summed E-state index contributed by atoms with van der Waals surface area (Å²) in [6, 6.07) is 1.93. The van der Waals surface area contributed by atoms with E-state index < -0.39 is 0 Å². The summed E-state index contributed by atoms with van der Waals surface area (Å²) in [5, 5.41) is 10.2. The molecule has 0 aliphatic heterocycles. The molecule has 1 saturated carbocycles. The molecule has 0 amide bonds. The highest BCUT2D eigenvalue weighted by atomic mass is 16.3. The molecule has 1 aliphatic carbocycles. The van der Waals surface area contributed by atoms with Gasteiger partial charge in [0.2, 0.25) is 0 Å². The number of hydrazine groups is 1. The van der Waals surface area contributed by atoms with E-state index in [0.717, 1.165) is 37.3 Å². The van der Waals surface area contributed by atoms with E-state index >= 15 is 0 Å². The molecule has 0 saturated heterocycles. The molecule has 1 aromatic heterocycles.